The van der Waals surface area contributed by atoms with Crippen molar-refractivity contribution in [3.8, 4) is 11.1 Å². The van der Waals surface area contributed by atoms with Gasteiger partial charge in [-0.1, -0.05) is 30.3 Å². The quantitative estimate of drug-likeness (QED) is 0.846. The third-order valence-electron chi connectivity index (χ3n) is 4.76. The average molecular weight is 360 g/mol. The van der Waals surface area contributed by atoms with Crippen LogP contribution in [0.3, 0.4) is 0 Å². The SMILES string of the molecule is CN1C(=O)CN(c2ccc(-c3ccc(C4CC4)cc3)cc2F)S1(=O)=O. The maximum Gasteiger partial charge on any atom is 0.328 e. The molecule has 1 aliphatic heterocycles. The molecule has 1 saturated heterocycles. The van der Waals surface area contributed by atoms with Crippen LogP contribution in [0.25, 0.3) is 11.1 Å². The average Bonchev–Trinajstić information content (AvgIpc) is 3.41. The highest BCUT2D eigenvalue weighted by Gasteiger charge is 2.41. The summed E-state index contributed by atoms with van der Waals surface area (Å²) in [5.41, 5.74) is 2.72. The molecule has 4 rings (SSSR count). The van der Waals surface area contributed by atoms with Crippen LogP contribution in [0.4, 0.5) is 10.1 Å². The van der Waals surface area contributed by atoms with E-state index in [1.165, 1.54) is 37.6 Å². The van der Waals surface area contributed by atoms with Gasteiger partial charge >= 0.3 is 10.2 Å². The van der Waals surface area contributed by atoms with Gasteiger partial charge in [-0.3, -0.25) is 4.79 Å². The van der Waals surface area contributed by atoms with Gasteiger partial charge in [0.1, 0.15) is 12.4 Å². The summed E-state index contributed by atoms with van der Waals surface area (Å²) < 4.78 is 40.4. The predicted molar refractivity (Wildman–Crippen MR) is 92.8 cm³/mol. The molecule has 0 unspecified atom stereocenters. The summed E-state index contributed by atoms with van der Waals surface area (Å²) >= 11 is 0. The first-order valence-corrected chi connectivity index (χ1v) is 9.47. The number of carbonyl (C=O) groups excluding carboxylic acids is 1. The molecule has 0 radical (unpaired) electrons. The van der Waals surface area contributed by atoms with Crippen LogP contribution in [0.2, 0.25) is 0 Å². The van der Waals surface area contributed by atoms with Gasteiger partial charge in [0.15, 0.2) is 0 Å². The number of likely N-dealkylation sites (N-methyl/N-ethyl adjacent to an activating group) is 1. The molecule has 7 heteroatoms. The fraction of sp³-hybridized carbons (Fsp3) is 0.278. The minimum Gasteiger partial charge on any atom is -0.272 e. The molecule has 2 aromatic carbocycles. The Labute approximate surface area is 145 Å². The smallest absolute Gasteiger partial charge is 0.272 e. The minimum absolute atomic E-state index is 0.115. The molecule has 2 aliphatic rings. The Bertz CT molecular complexity index is 953. The van der Waals surface area contributed by atoms with Crippen molar-refractivity contribution in [2.45, 2.75) is 18.8 Å². The summed E-state index contributed by atoms with van der Waals surface area (Å²) in [6, 6.07) is 12.4. The molecule has 5 nitrogen and oxygen atoms in total. The Morgan fingerprint density at radius 3 is 2.20 bits per heavy atom. The van der Waals surface area contributed by atoms with Crippen molar-refractivity contribution in [3.05, 3.63) is 53.8 Å². The normalized spacial score (nSPS) is 19.5. The van der Waals surface area contributed by atoms with Gasteiger partial charge in [-0.2, -0.15) is 8.42 Å². The fourth-order valence-electron chi connectivity index (χ4n) is 3.04. The van der Waals surface area contributed by atoms with E-state index in [2.05, 4.69) is 12.1 Å². The summed E-state index contributed by atoms with van der Waals surface area (Å²) in [6.45, 7) is -0.384. The van der Waals surface area contributed by atoms with E-state index in [1.54, 1.807) is 6.07 Å². The Hall–Kier alpha value is -2.41. The second-order valence-corrected chi connectivity index (χ2v) is 8.32. The second-order valence-electron chi connectivity index (χ2n) is 6.44. The summed E-state index contributed by atoms with van der Waals surface area (Å²) in [4.78, 5) is 11.6. The number of anilines is 1. The molecule has 1 amide bonds. The highest BCUT2D eigenvalue weighted by molar-refractivity contribution is 7.91. The Morgan fingerprint density at radius 1 is 1.04 bits per heavy atom. The zero-order valence-corrected chi connectivity index (χ0v) is 14.5. The number of rotatable bonds is 3. The number of halogens is 1. The maximum atomic E-state index is 14.6. The van der Waals surface area contributed by atoms with Crippen molar-refractivity contribution in [2.24, 2.45) is 0 Å². The molecule has 25 heavy (non-hydrogen) atoms. The van der Waals surface area contributed by atoms with Crippen LogP contribution in [-0.2, 0) is 15.0 Å². The molecule has 2 fully saturated rings. The monoisotopic (exact) mass is 360 g/mol. The lowest BCUT2D eigenvalue weighted by Crippen LogP contribution is -2.31. The van der Waals surface area contributed by atoms with Crippen LogP contribution in [0.15, 0.2) is 42.5 Å². The largest absolute Gasteiger partial charge is 0.328 e. The molecular weight excluding hydrogens is 343 g/mol. The van der Waals surface area contributed by atoms with Crippen LogP contribution in [0.1, 0.15) is 24.3 Å². The number of carbonyl (C=O) groups is 1. The lowest BCUT2D eigenvalue weighted by molar-refractivity contribution is -0.123. The standard InChI is InChI=1S/C18H17FN2O3S/c1-20-18(22)11-21(25(20,23)24)17-9-8-15(10-16(17)19)14-6-4-13(5-7-14)12-2-3-12/h4-10,12H,2-3,11H2,1H3. The third-order valence-corrected chi connectivity index (χ3v) is 6.54. The molecule has 1 heterocycles. The Morgan fingerprint density at radius 2 is 1.68 bits per heavy atom. The number of nitrogens with zero attached hydrogens (tertiary/aromatic N) is 2. The third kappa shape index (κ3) is 2.68. The first-order chi connectivity index (χ1) is 11.9. The van der Waals surface area contributed by atoms with E-state index in [4.69, 9.17) is 0 Å². The molecule has 1 saturated carbocycles. The van der Waals surface area contributed by atoms with Crippen LogP contribution < -0.4 is 4.31 Å². The van der Waals surface area contributed by atoms with Crippen molar-refractivity contribution in [3.63, 3.8) is 0 Å². The molecule has 0 spiro atoms. The molecule has 2 aromatic rings. The van der Waals surface area contributed by atoms with E-state index in [-0.39, 0.29) is 12.2 Å². The number of hydrogen-bond acceptors (Lipinski definition) is 3. The topological polar surface area (TPSA) is 57.7 Å². The van der Waals surface area contributed by atoms with Gasteiger partial charge in [0.2, 0.25) is 0 Å². The van der Waals surface area contributed by atoms with Gasteiger partial charge in [0.05, 0.1) is 5.69 Å². The Kier molecular flexibility index (Phi) is 3.57. The van der Waals surface area contributed by atoms with E-state index in [1.807, 2.05) is 12.1 Å². The van der Waals surface area contributed by atoms with Gasteiger partial charge in [0, 0.05) is 7.05 Å². The van der Waals surface area contributed by atoms with E-state index >= 15 is 0 Å². The lowest BCUT2D eigenvalue weighted by Gasteiger charge is -2.18. The van der Waals surface area contributed by atoms with Gasteiger partial charge in [-0.25, -0.2) is 13.0 Å². The molecule has 0 bridgehead atoms. The Balaban J connectivity index is 1.66. The van der Waals surface area contributed by atoms with E-state index < -0.39 is 21.9 Å². The van der Waals surface area contributed by atoms with Crippen LogP contribution >= 0.6 is 0 Å². The molecular formula is C18H17FN2O3S. The number of benzene rings is 2. The number of amides is 1. The van der Waals surface area contributed by atoms with E-state index in [0.717, 1.165) is 9.87 Å². The first kappa shape index (κ1) is 16.1. The molecule has 0 N–H and O–H groups in total. The highest BCUT2D eigenvalue weighted by atomic mass is 32.2. The highest BCUT2D eigenvalue weighted by Crippen LogP contribution is 2.40. The van der Waals surface area contributed by atoms with Crippen LogP contribution in [0, 0.1) is 5.82 Å². The summed E-state index contributed by atoms with van der Waals surface area (Å²) in [6.07, 6.45) is 2.44. The lowest BCUT2D eigenvalue weighted by atomic mass is 10.0. The van der Waals surface area contributed by atoms with Crippen molar-refractivity contribution in [1.29, 1.82) is 0 Å². The summed E-state index contributed by atoms with van der Waals surface area (Å²) in [7, 11) is -2.83. The maximum absolute atomic E-state index is 14.6. The zero-order valence-electron chi connectivity index (χ0n) is 13.6. The van der Waals surface area contributed by atoms with E-state index in [9.17, 15) is 17.6 Å². The first-order valence-electron chi connectivity index (χ1n) is 8.07. The van der Waals surface area contributed by atoms with Gasteiger partial charge in [-0.05, 0) is 47.6 Å². The van der Waals surface area contributed by atoms with Crippen molar-refractivity contribution in [2.75, 3.05) is 17.9 Å². The molecule has 1 aliphatic carbocycles. The molecule has 130 valence electrons. The van der Waals surface area contributed by atoms with E-state index in [0.29, 0.717) is 15.8 Å². The van der Waals surface area contributed by atoms with Crippen molar-refractivity contribution >= 4 is 21.8 Å². The second kappa shape index (κ2) is 5.56. The molecule has 0 atom stereocenters. The molecule has 0 aromatic heterocycles. The van der Waals surface area contributed by atoms with Gasteiger partial charge < -0.3 is 0 Å². The van der Waals surface area contributed by atoms with Crippen molar-refractivity contribution in [1.82, 2.24) is 4.31 Å². The number of hydrogen-bond donors (Lipinski definition) is 0. The summed E-state index contributed by atoms with van der Waals surface area (Å²) in [5, 5.41) is 0. The predicted octanol–water partition coefficient (Wildman–Crippen LogP) is 2.89. The van der Waals surface area contributed by atoms with Crippen LogP contribution in [-0.4, -0.2) is 32.2 Å². The van der Waals surface area contributed by atoms with Gasteiger partial charge in [0.25, 0.3) is 5.91 Å². The van der Waals surface area contributed by atoms with Crippen LogP contribution in [0.5, 0.6) is 0 Å². The van der Waals surface area contributed by atoms with Crippen molar-refractivity contribution < 1.29 is 17.6 Å². The zero-order chi connectivity index (χ0) is 17.8. The fourth-order valence-corrected chi connectivity index (χ4v) is 4.32. The minimum atomic E-state index is -4.00. The summed E-state index contributed by atoms with van der Waals surface area (Å²) in [5.74, 6) is -0.599. The van der Waals surface area contributed by atoms with Gasteiger partial charge in [-0.15, -0.1) is 0 Å².